The summed E-state index contributed by atoms with van der Waals surface area (Å²) in [6.07, 6.45) is 1.58. The second-order valence-electron chi connectivity index (χ2n) is 4.23. The van der Waals surface area contributed by atoms with Crippen LogP contribution in [0.25, 0.3) is 0 Å². The van der Waals surface area contributed by atoms with Crippen LogP contribution >= 0.6 is 31.9 Å². The van der Waals surface area contributed by atoms with Gasteiger partial charge in [-0.15, -0.1) is 0 Å². The van der Waals surface area contributed by atoms with Crippen LogP contribution in [-0.4, -0.2) is 18.4 Å². The summed E-state index contributed by atoms with van der Waals surface area (Å²) < 4.78 is 28.3. The quantitative estimate of drug-likeness (QED) is 0.718. The van der Waals surface area contributed by atoms with Crippen LogP contribution < -0.4 is 10.5 Å². The molecular weight excluding hydrogens is 424 g/mol. The highest BCUT2D eigenvalue weighted by Gasteiger charge is 2.21. The second-order valence-corrected chi connectivity index (χ2v) is 7.70. The first kappa shape index (κ1) is 16.3. The number of nitrogens with two attached hydrogens (primary N) is 1. The van der Waals surface area contributed by atoms with Gasteiger partial charge in [-0.1, -0.05) is 15.9 Å². The molecule has 21 heavy (non-hydrogen) atoms. The standard InChI is InChI=1S/C12H12Br2N4O2S/c1-7-16-3-2-9(18-7)6-17-21(19,20)12-10(14)4-8(13)5-11(12)15/h2-5,17H,6,15H2,1H3. The number of hydrogen-bond donors (Lipinski definition) is 2. The van der Waals surface area contributed by atoms with Crippen molar-refractivity contribution in [2.24, 2.45) is 0 Å². The molecule has 0 bridgehead atoms. The molecule has 9 heteroatoms. The highest BCUT2D eigenvalue weighted by Crippen LogP contribution is 2.31. The third-order valence-electron chi connectivity index (χ3n) is 2.58. The molecule has 1 heterocycles. The predicted molar refractivity (Wildman–Crippen MR) is 87.0 cm³/mol. The molecule has 0 unspecified atom stereocenters. The molecule has 0 spiro atoms. The van der Waals surface area contributed by atoms with E-state index in [0.717, 1.165) is 0 Å². The number of benzene rings is 1. The van der Waals surface area contributed by atoms with Crippen molar-refractivity contribution in [2.45, 2.75) is 18.4 Å². The molecule has 6 nitrogen and oxygen atoms in total. The first-order chi connectivity index (χ1) is 9.79. The minimum Gasteiger partial charge on any atom is -0.398 e. The number of anilines is 1. The minimum atomic E-state index is -3.75. The maximum atomic E-state index is 12.4. The predicted octanol–water partition coefficient (Wildman–Crippen LogP) is 2.37. The largest absolute Gasteiger partial charge is 0.398 e. The second kappa shape index (κ2) is 6.39. The lowest BCUT2D eigenvalue weighted by Crippen LogP contribution is -2.25. The summed E-state index contributed by atoms with van der Waals surface area (Å²) in [6, 6.07) is 4.81. The molecule has 2 rings (SSSR count). The van der Waals surface area contributed by atoms with Gasteiger partial charge in [0.15, 0.2) is 0 Å². The number of aromatic nitrogens is 2. The summed E-state index contributed by atoms with van der Waals surface area (Å²) in [7, 11) is -3.75. The van der Waals surface area contributed by atoms with E-state index in [2.05, 4.69) is 46.5 Å². The highest BCUT2D eigenvalue weighted by molar-refractivity contribution is 9.11. The van der Waals surface area contributed by atoms with Crippen molar-refractivity contribution in [2.75, 3.05) is 5.73 Å². The van der Waals surface area contributed by atoms with Crippen LogP contribution in [0.5, 0.6) is 0 Å². The van der Waals surface area contributed by atoms with E-state index in [1.54, 1.807) is 25.3 Å². The minimum absolute atomic E-state index is 0.0106. The van der Waals surface area contributed by atoms with Gasteiger partial charge in [0.2, 0.25) is 10.0 Å². The lowest BCUT2D eigenvalue weighted by molar-refractivity contribution is 0.580. The normalized spacial score (nSPS) is 11.6. The van der Waals surface area contributed by atoms with Gasteiger partial charge in [0, 0.05) is 15.1 Å². The molecule has 112 valence electrons. The fourth-order valence-electron chi connectivity index (χ4n) is 1.71. The van der Waals surface area contributed by atoms with Gasteiger partial charge in [-0.3, -0.25) is 0 Å². The Kier molecular flexibility index (Phi) is 4.97. The van der Waals surface area contributed by atoms with E-state index in [9.17, 15) is 8.42 Å². The summed E-state index contributed by atoms with van der Waals surface area (Å²) in [5.74, 6) is 0.580. The van der Waals surface area contributed by atoms with Crippen LogP contribution in [0.15, 0.2) is 38.2 Å². The number of halogens is 2. The monoisotopic (exact) mass is 434 g/mol. The number of sulfonamides is 1. The molecule has 0 radical (unpaired) electrons. The molecular formula is C12H12Br2N4O2S. The van der Waals surface area contributed by atoms with Crippen LogP contribution in [0.1, 0.15) is 11.5 Å². The number of rotatable bonds is 4. The summed E-state index contributed by atoms with van der Waals surface area (Å²) >= 11 is 6.47. The molecule has 0 aliphatic carbocycles. The number of nitrogens with zero attached hydrogens (tertiary/aromatic N) is 2. The Labute approximate surface area is 139 Å². The SMILES string of the molecule is Cc1nccc(CNS(=O)(=O)c2c(N)cc(Br)cc2Br)n1. The summed E-state index contributed by atoms with van der Waals surface area (Å²) in [5.41, 5.74) is 6.53. The van der Waals surface area contributed by atoms with Gasteiger partial charge in [0.25, 0.3) is 0 Å². The van der Waals surface area contributed by atoms with Crippen molar-refractivity contribution < 1.29 is 8.42 Å². The molecule has 0 amide bonds. The zero-order valence-corrected chi connectivity index (χ0v) is 15.0. The summed E-state index contributed by atoms with van der Waals surface area (Å²) in [6.45, 7) is 1.80. The van der Waals surface area contributed by atoms with Gasteiger partial charge < -0.3 is 5.73 Å². The molecule has 0 aliphatic rings. The third kappa shape index (κ3) is 4.00. The Hall–Kier alpha value is -1.03. The molecule has 0 saturated carbocycles. The van der Waals surface area contributed by atoms with E-state index in [-0.39, 0.29) is 17.1 Å². The Balaban J connectivity index is 2.27. The van der Waals surface area contributed by atoms with E-state index in [1.807, 2.05) is 0 Å². The number of nitrogen functional groups attached to an aromatic ring is 1. The molecule has 0 fully saturated rings. The fraction of sp³-hybridized carbons (Fsp3) is 0.167. The van der Waals surface area contributed by atoms with Crippen LogP contribution in [-0.2, 0) is 16.6 Å². The van der Waals surface area contributed by atoms with Crippen molar-refractivity contribution in [1.29, 1.82) is 0 Å². The maximum absolute atomic E-state index is 12.4. The van der Waals surface area contributed by atoms with Gasteiger partial charge in [-0.2, -0.15) is 0 Å². The Morgan fingerprint density at radius 3 is 2.67 bits per heavy atom. The zero-order valence-electron chi connectivity index (χ0n) is 11.0. The lowest BCUT2D eigenvalue weighted by atomic mass is 10.3. The molecule has 2 aromatic rings. The average molecular weight is 436 g/mol. The Bertz CT molecular complexity index is 758. The molecule has 1 aromatic heterocycles. The fourth-order valence-corrected chi connectivity index (χ4v) is 4.77. The molecule has 0 aliphatic heterocycles. The van der Waals surface area contributed by atoms with E-state index in [4.69, 9.17) is 5.73 Å². The van der Waals surface area contributed by atoms with Crippen LogP contribution in [0.3, 0.4) is 0 Å². The van der Waals surface area contributed by atoms with Gasteiger partial charge in [-0.25, -0.2) is 23.1 Å². The maximum Gasteiger partial charge on any atom is 0.244 e. The average Bonchev–Trinajstić information content (AvgIpc) is 2.35. The number of nitrogens with one attached hydrogen (secondary N) is 1. The van der Waals surface area contributed by atoms with Crippen molar-refractivity contribution in [3.05, 3.63) is 44.9 Å². The van der Waals surface area contributed by atoms with Crippen molar-refractivity contribution in [3.63, 3.8) is 0 Å². The number of aryl methyl sites for hydroxylation is 1. The summed E-state index contributed by atoms with van der Waals surface area (Å²) in [4.78, 5) is 8.11. The third-order valence-corrected chi connectivity index (χ3v) is 5.45. The lowest BCUT2D eigenvalue weighted by Gasteiger charge is -2.11. The van der Waals surface area contributed by atoms with Gasteiger partial charge in [0.05, 0.1) is 17.9 Å². The Morgan fingerprint density at radius 2 is 2.05 bits per heavy atom. The molecule has 3 N–H and O–H groups in total. The van der Waals surface area contributed by atoms with Crippen molar-refractivity contribution in [3.8, 4) is 0 Å². The van der Waals surface area contributed by atoms with Gasteiger partial charge >= 0.3 is 0 Å². The van der Waals surface area contributed by atoms with Crippen LogP contribution in [0, 0.1) is 6.92 Å². The highest BCUT2D eigenvalue weighted by atomic mass is 79.9. The first-order valence-corrected chi connectivity index (χ1v) is 8.89. The van der Waals surface area contributed by atoms with Crippen LogP contribution in [0.4, 0.5) is 5.69 Å². The van der Waals surface area contributed by atoms with Crippen molar-refractivity contribution >= 4 is 47.6 Å². The number of hydrogen-bond acceptors (Lipinski definition) is 5. The van der Waals surface area contributed by atoms with E-state index < -0.39 is 10.0 Å². The van der Waals surface area contributed by atoms with Gasteiger partial charge in [-0.05, 0) is 41.1 Å². The topological polar surface area (TPSA) is 98.0 Å². The smallest absolute Gasteiger partial charge is 0.244 e. The van der Waals surface area contributed by atoms with Crippen molar-refractivity contribution in [1.82, 2.24) is 14.7 Å². The van der Waals surface area contributed by atoms with E-state index in [1.165, 1.54) is 6.07 Å². The summed E-state index contributed by atoms with van der Waals surface area (Å²) in [5, 5.41) is 0. The van der Waals surface area contributed by atoms with E-state index >= 15 is 0 Å². The van der Waals surface area contributed by atoms with Gasteiger partial charge in [0.1, 0.15) is 10.7 Å². The zero-order chi connectivity index (χ0) is 15.6. The first-order valence-electron chi connectivity index (χ1n) is 5.82. The van der Waals surface area contributed by atoms with E-state index in [0.29, 0.717) is 20.5 Å². The molecule has 0 atom stereocenters. The Morgan fingerprint density at radius 1 is 1.33 bits per heavy atom. The molecule has 1 aromatic carbocycles. The van der Waals surface area contributed by atoms with Crippen LogP contribution in [0.2, 0.25) is 0 Å². The molecule has 0 saturated heterocycles.